The summed E-state index contributed by atoms with van der Waals surface area (Å²) in [6.45, 7) is 6.21. The van der Waals surface area contributed by atoms with Gasteiger partial charge in [-0.2, -0.15) is 5.10 Å². The summed E-state index contributed by atoms with van der Waals surface area (Å²) in [6.07, 6.45) is 11.0. The van der Waals surface area contributed by atoms with E-state index < -0.39 is 0 Å². The minimum absolute atomic E-state index is 0.0220. The molecule has 0 N–H and O–H groups in total. The number of ketones is 1. The molecular formula is C29H37FN4OS. The van der Waals surface area contributed by atoms with E-state index in [1.54, 1.807) is 19.1 Å². The van der Waals surface area contributed by atoms with Gasteiger partial charge in [-0.25, -0.2) is 19.0 Å². The fourth-order valence-electron chi connectivity index (χ4n) is 5.99. The SMILES string of the molecule is Cc1nc2c(s1)CCCC(C(C)C(=O)Cn1nc(-c3ccc(F)c(C)c3)nc1C1CCCCC1)CC2. The van der Waals surface area contributed by atoms with E-state index in [1.165, 1.54) is 35.9 Å². The lowest BCUT2D eigenvalue weighted by Crippen LogP contribution is -2.28. The molecule has 7 heteroatoms. The smallest absolute Gasteiger partial charge is 0.181 e. The number of halogens is 1. The quantitative estimate of drug-likeness (QED) is 0.360. The van der Waals surface area contributed by atoms with Crippen LogP contribution < -0.4 is 0 Å². The molecule has 36 heavy (non-hydrogen) atoms. The van der Waals surface area contributed by atoms with Crippen molar-refractivity contribution in [1.82, 2.24) is 19.7 Å². The van der Waals surface area contributed by atoms with Gasteiger partial charge in [-0.15, -0.1) is 11.3 Å². The molecule has 0 aliphatic heterocycles. The molecule has 5 rings (SSSR count). The Morgan fingerprint density at radius 2 is 1.89 bits per heavy atom. The van der Waals surface area contributed by atoms with Gasteiger partial charge in [0.1, 0.15) is 18.2 Å². The number of rotatable bonds is 6. The third kappa shape index (κ3) is 5.46. The van der Waals surface area contributed by atoms with Gasteiger partial charge in [0.25, 0.3) is 0 Å². The first-order chi connectivity index (χ1) is 17.4. The van der Waals surface area contributed by atoms with E-state index >= 15 is 0 Å². The van der Waals surface area contributed by atoms with Crippen molar-refractivity contribution in [2.24, 2.45) is 11.8 Å². The number of hydrogen-bond donors (Lipinski definition) is 0. The number of Topliss-reactive ketones (excluding diaryl/α,β-unsaturated/α-hetero) is 1. The van der Waals surface area contributed by atoms with Crippen molar-refractivity contribution < 1.29 is 9.18 Å². The Balaban J connectivity index is 1.35. The molecule has 2 aromatic heterocycles. The summed E-state index contributed by atoms with van der Waals surface area (Å²) in [6, 6.07) is 5.01. The fraction of sp³-hybridized carbons (Fsp3) is 0.586. The first-order valence-electron chi connectivity index (χ1n) is 13.6. The van der Waals surface area contributed by atoms with Crippen LogP contribution in [-0.4, -0.2) is 25.5 Å². The summed E-state index contributed by atoms with van der Waals surface area (Å²) in [4.78, 5) is 24.7. The molecule has 1 aromatic carbocycles. The summed E-state index contributed by atoms with van der Waals surface area (Å²) in [5.74, 6) is 2.20. The van der Waals surface area contributed by atoms with Crippen LogP contribution in [0.5, 0.6) is 0 Å². The fourth-order valence-corrected chi connectivity index (χ4v) is 7.01. The first kappa shape index (κ1) is 25.2. The molecule has 0 saturated heterocycles. The monoisotopic (exact) mass is 508 g/mol. The van der Waals surface area contributed by atoms with Gasteiger partial charge in [0.15, 0.2) is 11.6 Å². The Bertz CT molecular complexity index is 1230. The number of carbonyl (C=O) groups is 1. The van der Waals surface area contributed by atoms with Gasteiger partial charge in [0, 0.05) is 22.3 Å². The van der Waals surface area contributed by atoms with Gasteiger partial charge in [-0.1, -0.05) is 26.2 Å². The van der Waals surface area contributed by atoms with E-state index in [-0.39, 0.29) is 24.1 Å². The summed E-state index contributed by atoms with van der Waals surface area (Å²) in [7, 11) is 0. The van der Waals surface area contributed by atoms with Crippen molar-refractivity contribution in [1.29, 1.82) is 0 Å². The molecule has 5 nitrogen and oxygen atoms in total. The third-order valence-electron chi connectivity index (χ3n) is 8.22. The molecular weight excluding hydrogens is 471 g/mol. The molecule has 2 unspecified atom stereocenters. The number of thiazole rings is 1. The second kappa shape index (κ2) is 10.9. The van der Waals surface area contributed by atoms with Crippen molar-refractivity contribution in [3.63, 3.8) is 0 Å². The largest absolute Gasteiger partial charge is 0.297 e. The second-order valence-corrected chi connectivity index (χ2v) is 12.1. The maximum Gasteiger partial charge on any atom is 0.181 e. The number of nitrogens with zero attached hydrogens (tertiary/aromatic N) is 4. The molecule has 1 fully saturated rings. The Labute approximate surface area is 217 Å². The Kier molecular flexibility index (Phi) is 7.65. The van der Waals surface area contributed by atoms with Crippen LogP contribution in [0.3, 0.4) is 0 Å². The van der Waals surface area contributed by atoms with Crippen LogP contribution in [-0.2, 0) is 24.2 Å². The molecule has 2 atom stereocenters. The summed E-state index contributed by atoms with van der Waals surface area (Å²) >= 11 is 1.83. The van der Waals surface area contributed by atoms with Gasteiger partial charge in [-0.3, -0.25) is 4.79 Å². The molecule has 3 aromatic rings. The van der Waals surface area contributed by atoms with Crippen molar-refractivity contribution >= 4 is 17.1 Å². The number of carbonyl (C=O) groups excluding carboxylic acids is 1. The van der Waals surface area contributed by atoms with Crippen LogP contribution >= 0.6 is 11.3 Å². The van der Waals surface area contributed by atoms with Crippen LogP contribution in [0.25, 0.3) is 11.4 Å². The maximum atomic E-state index is 13.9. The van der Waals surface area contributed by atoms with E-state index in [9.17, 15) is 9.18 Å². The van der Waals surface area contributed by atoms with E-state index in [2.05, 4.69) is 13.8 Å². The molecule has 2 aliphatic rings. The lowest BCUT2D eigenvalue weighted by Gasteiger charge is -2.25. The average molecular weight is 509 g/mol. The average Bonchev–Trinajstić information content (AvgIpc) is 3.44. The van der Waals surface area contributed by atoms with E-state index in [1.807, 2.05) is 16.0 Å². The van der Waals surface area contributed by atoms with Gasteiger partial charge < -0.3 is 0 Å². The van der Waals surface area contributed by atoms with Gasteiger partial charge in [-0.05, 0) is 88.5 Å². The highest BCUT2D eigenvalue weighted by atomic mass is 32.1. The lowest BCUT2D eigenvalue weighted by molar-refractivity contribution is -0.125. The molecule has 0 spiro atoms. The standard InChI is InChI=1S/C29H37FN4OS/c1-18-16-23(12-14-24(18)30)28-32-29(22-8-5-4-6-9-22)34(33-28)17-26(35)19(2)21-10-7-11-27-25(15-13-21)31-20(3)36-27/h12,14,16,19,21-22H,4-11,13,15,17H2,1-3H3. The highest BCUT2D eigenvalue weighted by molar-refractivity contribution is 7.11. The van der Waals surface area contributed by atoms with Gasteiger partial charge in [0.2, 0.25) is 0 Å². The zero-order valence-corrected chi connectivity index (χ0v) is 22.5. The van der Waals surface area contributed by atoms with Crippen LogP contribution in [0, 0.1) is 31.5 Å². The second-order valence-electron chi connectivity index (χ2n) is 10.8. The maximum absolute atomic E-state index is 13.9. The third-order valence-corrected chi connectivity index (χ3v) is 9.30. The Hall–Kier alpha value is -2.41. The number of aryl methyl sites for hydroxylation is 4. The predicted octanol–water partition coefficient (Wildman–Crippen LogP) is 7.00. The lowest BCUT2D eigenvalue weighted by atomic mass is 9.81. The number of fused-ring (bicyclic) bond motifs is 1. The van der Waals surface area contributed by atoms with Crippen molar-refractivity contribution in [3.8, 4) is 11.4 Å². The number of benzene rings is 1. The zero-order valence-electron chi connectivity index (χ0n) is 21.7. The summed E-state index contributed by atoms with van der Waals surface area (Å²) in [5.41, 5.74) is 2.63. The minimum atomic E-state index is -0.228. The predicted molar refractivity (Wildman–Crippen MR) is 142 cm³/mol. The van der Waals surface area contributed by atoms with Crippen LogP contribution in [0.2, 0.25) is 0 Å². The molecule has 2 aliphatic carbocycles. The Morgan fingerprint density at radius 3 is 2.67 bits per heavy atom. The van der Waals surface area contributed by atoms with E-state index in [0.717, 1.165) is 61.3 Å². The van der Waals surface area contributed by atoms with E-state index in [0.29, 0.717) is 23.2 Å². The summed E-state index contributed by atoms with van der Waals surface area (Å²) < 4.78 is 15.7. The van der Waals surface area contributed by atoms with E-state index in [4.69, 9.17) is 15.1 Å². The number of hydrogen-bond acceptors (Lipinski definition) is 5. The molecule has 0 amide bonds. The molecule has 1 saturated carbocycles. The molecule has 192 valence electrons. The van der Waals surface area contributed by atoms with Crippen LogP contribution in [0.1, 0.15) is 91.2 Å². The first-order valence-corrected chi connectivity index (χ1v) is 14.4. The van der Waals surface area contributed by atoms with Crippen molar-refractivity contribution in [2.75, 3.05) is 0 Å². The molecule has 0 bridgehead atoms. The van der Waals surface area contributed by atoms with Gasteiger partial charge >= 0.3 is 0 Å². The highest BCUT2D eigenvalue weighted by Crippen LogP contribution is 2.34. The van der Waals surface area contributed by atoms with Crippen LogP contribution in [0.15, 0.2) is 18.2 Å². The highest BCUT2D eigenvalue weighted by Gasteiger charge is 2.29. The van der Waals surface area contributed by atoms with Crippen molar-refractivity contribution in [2.45, 2.75) is 97.4 Å². The van der Waals surface area contributed by atoms with Crippen molar-refractivity contribution in [3.05, 3.63) is 51.0 Å². The van der Waals surface area contributed by atoms with Gasteiger partial charge in [0.05, 0.1) is 10.7 Å². The molecule has 2 heterocycles. The summed E-state index contributed by atoms with van der Waals surface area (Å²) in [5, 5.41) is 5.96. The normalized spacial score (nSPS) is 19.9. The zero-order chi connectivity index (χ0) is 25.2. The Morgan fingerprint density at radius 1 is 1.08 bits per heavy atom. The van der Waals surface area contributed by atoms with Crippen LogP contribution in [0.4, 0.5) is 4.39 Å². The molecule has 0 radical (unpaired) electrons. The minimum Gasteiger partial charge on any atom is -0.297 e. The number of aromatic nitrogens is 4. The topological polar surface area (TPSA) is 60.7 Å².